The zero-order valence-corrected chi connectivity index (χ0v) is 25.2. The van der Waals surface area contributed by atoms with Gasteiger partial charge in [0, 0.05) is 57.9 Å². The molecule has 2 amide bonds. The molecule has 6 N–H and O–H groups in total. The summed E-state index contributed by atoms with van der Waals surface area (Å²) in [5, 5.41) is 11.1. The highest BCUT2D eigenvalue weighted by Gasteiger charge is 2.35. The molecule has 0 saturated carbocycles. The summed E-state index contributed by atoms with van der Waals surface area (Å²) in [6.45, 7) is 7.03. The predicted octanol–water partition coefficient (Wildman–Crippen LogP) is 2.31. The zero-order valence-electron chi connectivity index (χ0n) is 23.7. The number of likely N-dealkylation sites (tertiary alicyclic amines) is 2. The molecule has 0 spiro atoms. The Morgan fingerprint density at radius 3 is 2.36 bits per heavy atom. The first kappa shape index (κ1) is 30.1. The maximum atomic E-state index is 13.0. The Bertz CT molecular complexity index is 1350. The molecule has 226 valence electrons. The largest absolute Gasteiger partial charge is 0.383 e. The second-order valence-corrected chi connectivity index (χ2v) is 11.7. The molecule has 0 unspecified atom stereocenters. The van der Waals surface area contributed by atoms with Crippen LogP contribution in [0, 0.1) is 5.41 Å². The minimum Gasteiger partial charge on any atom is -0.383 e. The molecule has 0 aromatic carbocycles. The number of pyridine rings is 1. The normalized spacial score (nSPS) is 20.2. The average Bonchev–Trinajstić information content (AvgIpc) is 3.53. The minimum absolute atomic E-state index is 0.0230. The van der Waals surface area contributed by atoms with Gasteiger partial charge in [-0.1, -0.05) is 30.1 Å². The lowest BCUT2D eigenvalue weighted by Gasteiger charge is -2.47. The van der Waals surface area contributed by atoms with E-state index in [-0.39, 0.29) is 45.5 Å². The second-order valence-electron chi connectivity index (χ2n) is 10.9. The summed E-state index contributed by atoms with van der Waals surface area (Å²) in [6, 6.07) is 3.79. The monoisotopic (exact) mass is 617 g/mol. The first-order valence-electron chi connectivity index (χ1n) is 14.4. The molecular weight excluding hydrogens is 581 g/mol. The number of carbonyl (C=O) groups excluding carboxylic acids is 2. The fourth-order valence-corrected chi connectivity index (χ4v) is 6.48. The van der Waals surface area contributed by atoms with Crippen LogP contribution in [-0.4, -0.2) is 105 Å². The topological polar surface area (TPSA) is 174 Å². The smallest absolute Gasteiger partial charge is 0.280 e. The maximum absolute atomic E-state index is 13.0. The van der Waals surface area contributed by atoms with Crippen molar-refractivity contribution in [3.05, 3.63) is 33.7 Å². The number of nitrogens with two attached hydrogens (primary N) is 2. The van der Waals surface area contributed by atoms with E-state index in [4.69, 9.17) is 40.1 Å². The number of aromatic nitrogens is 3. The van der Waals surface area contributed by atoms with E-state index < -0.39 is 5.91 Å². The molecule has 3 fully saturated rings. The number of nitrogens with zero attached hydrogens (tertiary/aromatic N) is 7. The van der Waals surface area contributed by atoms with Crippen molar-refractivity contribution in [1.29, 1.82) is 5.41 Å². The number of nitrogen functional groups attached to an aromatic ring is 2. The molecular formula is C27H37Cl2N11O2. The van der Waals surface area contributed by atoms with Gasteiger partial charge >= 0.3 is 0 Å². The van der Waals surface area contributed by atoms with E-state index in [2.05, 4.69) is 37.0 Å². The van der Waals surface area contributed by atoms with Gasteiger partial charge in [0.15, 0.2) is 28.4 Å². The molecule has 2 aromatic rings. The van der Waals surface area contributed by atoms with Crippen molar-refractivity contribution >= 4 is 58.4 Å². The molecule has 42 heavy (non-hydrogen) atoms. The van der Waals surface area contributed by atoms with Crippen molar-refractivity contribution in [2.75, 3.05) is 62.2 Å². The van der Waals surface area contributed by atoms with E-state index >= 15 is 0 Å². The quantitative estimate of drug-likeness (QED) is 0.221. The molecule has 5 rings (SSSR count). The van der Waals surface area contributed by atoms with Gasteiger partial charge in [-0.2, -0.15) is 0 Å². The van der Waals surface area contributed by atoms with Crippen LogP contribution in [0.3, 0.4) is 0 Å². The van der Waals surface area contributed by atoms with Gasteiger partial charge in [-0.05, 0) is 44.2 Å². The van der Waals surface area contributed by atoms with Crippen molar-refractivity contribution in [2.45, 2.75) is 51.1 Å². The molecule has 2 aromatic heterocycles. The highest BCUT2D eigenvalue weighted by atomic mass is 35.5. The van der Waals surface area contributed by atoms with Crippen LogP contribution >= 0.6 is 23.2 Å². The van der Waals surface area contributed by atoms with Gasteiger partial charge in [0.1, 0.15) is 11.0 Å². The summed E-state index contributed by atoms with van der Waals surface area (Å²) in [6.07, 6.45) is 4.61. The number of piperazine rings is 1. The van der Waals surface area contributed by atoms with Crippen LogP contribution in [0.4, 0.5) is 17.5 Å². The third kappa shape index (κ3) is 6.32. The third-order valence-corrected chi connectivity index (χ3v) is 8.84. The predicted molar refractivity (Wildman–Crippen MR) is 163 cm³/mol. The van der Waals surface area contributed by atoms with E-state index in [9.17, 15) is 9.59 Å². The van der Waals surface area contributed by atoms with Crippen LogP contribution in [-0.2, 0) is 0 Å². The second kappa shape index (κ2) is 12.8. The highest BCUT2D eigenvalue weighted by molar-refractivity contribution is 6.32. The van der Waals surface area contributed by atoms with Crippen molar-refractivity contribution in [1.82, 2.24) is 35.0 Å². The Balaban J connectivity index is 1.19. The Morgan fingerprint density at radius 2 is 1.69 bits per heavy atom. The molecule has 1 atom stereocenters. The Labute approximate surface area is 255 Å². The van der Waals surface area contributed by atoms with Crippen LogP contribution < -0.4 is 21.7 Å². The first-order valence-corrected chi connectivity index (χ1v) is 15.1. The van der Waals surface area contributed by atoms with E-state index in [1.165, 1.54) is 0 Å². The zero-order chi connectivity index (χ0) is 30.0. The number of nitrogens with one attached hydrogen (secondary N) is 2. The lowest BCUT2D eigenvalue weighted by molar-refractivity contribution is 0.0491. The standard InChI is InChI=1S/C27H37Cl2N11O2/c1-2-16-15-39(24-21(29)34-20(23(31)35-24)25(41)36-27(32)38-9-3-4-10-38)13-14-40(16)17-7-11-37(12-8-17)26(42)18-5-6-19(28)33-22(18)30/h5-6,16-17H,2-4,7-15H2,1H3,(H2,30,33)(H2,31,35)(H2,32,36,41)/t16-/m0/s1. The molecule has 0 radical (unpaired) electrons. The number of piperidine rings is 1. The molecule has 15 heteroatoms. The van der Waals surface area contributed by atoms with Gasteiger partial charge in [-0.3, -0.25) is 25.2 Å². The van der Waals surface area contributed by atoms with E-state index in [1.807, 2.05) is 4.90 Å². The number of hydrogen-bond donors (Lipinski definition) is 4. The average molecular weight is 619 g/mol. The van der Waals surface area contributed by atoms with E-state index in [0.29, 0.717) is 43.6 Å². The highest BCUT2D eigenvalue weighted by Crippen LogP contribution is 2.30. The van der Waals surface area contributed by atoms with Crippen LogP contribution in [0.2, 0.25) is 10.3 Å². The van der Waals surface area contributed by atoms with E-state index in [0.717, 1.165) is 51.7 Å². The molecule has 3 aliphatic rings. The third-order valence-electron chi connectivity index (χ3n) is 8.37. The SMILES string of the molecule is CC[C@H]1CN(c2nc(N)c(C(=O)NC(=N)N3CCCC3)nc2Cl)CCN1C1CCN(C(=O)c2ccc(Cl)nc2N)CC1. The van der Waals surface area contributed by atoms with Crippen LogP contribution in [0.15, 0.2) is 12.1 Å². The molecule has 0 aliphatic carbocycles. The van der Waals surface area contributed by atoms with Gasteiger partial charge in [0.25, 0.3) is 11.8 Å². The van der Waals surface area contributed by atoms with Gasteiger partial charge < -0.3 is 26.2 Å². The number of hydrogen-bond acceptors (Lipinski definition) is 10. The summed E-state index contributed by atoms with van der Waals surface area (Å²) >= 11 is 12.4. The van der Waals surface area contributed by atoms with Gasteiger partial charge in [-0.15, -0.1) is 0 Å². The molecule has 0 bridgehead atoms. The first-order chi connectivity index (χ1) is 20.2. The summed E-state index contributed by atoms with van der Waals surface area (Å²) in [7, 11) is 0. The lowest BCUT2D eigenvalue weighted by Crippen LogP contribution is -2.58. The fraction of sp³-hybridized carbons (Fsp3) is 0.556. The van der Waals surface area contributed by atoms with Gasteiger partial charge in [0.05, 0.1) is 5.56 Å². The number of rotatable bonds is 5. The summed E-state index contributed by atoms with van der Waals surface area (Å²) in [4.78, 5) is 46.8. The van der Waals surface area contributed by atoms with Crippen molar-refractivity contribution in [2.24, 2.45) is 0 Å². The molecule has 3 saturated heterocycles. The van der Waals surface area contributed by atoms with Crippen molar-refractivity contribution in [3.63, 3.8) is 0 Å². The molecule has 5 heterocycles. The van der Waals surface area contributed by atoms with Gasteiger partial charge in [-0.25, -0.2) is 15.0 Å². The number of guanidine groups is 1. The van der Waals surface area contributed by atoms with Crippen molar-refractivity contribution in [3.8, 4) is 0 Å². The number of amides is 2. The Hall–Kier alpha value is -3.42. The van der Waals surface area contributed by atoms with E-state index in [1.54, 1.807) is 17.0 Å². The number of halogens is 2. The summed E-state index contributed by atoms with van der Waals surface area (Å²) in [5.41, 5.74) is 12.4. The van der Waals surface area contributed by atoms with Crippen molar-refractivity contribution < 1.29 is 9.59 Å². The summed E-state index contributed by atoms with van der Waals surface area (Å²) in [5.74, 6) is -0.112. The maximum Gasteiger partial charge on any atom is 0.280 e. The van der Waals surface area contributed by atoms with Gasteiger partial charge in [0.2, 0.25) is 0 Å². The summed E-state index contributed by atoms with van der Waals surface area (Å²) < 4.78 is 0. The molecule has 3 aliphatic heterocycles. The lowest BCUT2D eigenvalue weighted by atomic mass is 9.97. The fourth-order valence-electron chi connectivity index (χ4n) is 6.08. The number of carbonyl (C=O) groups is 2. The number of anilines is 3. The van der Waals surface area contributed by atoms with Crippen LogP contribution in [0.1, 0.15) is 59.9 Å². The van der Waals surface area contributed by atoms with Crippen LogP contribution in [0.25, 0.3) is 0 Å². The minimum atomic E-state index is -0.596. The van der Waals surface area contributed by atoms with Crippen LogP contribution in [0.5, 0.6) is 0 Å². The molecule has 13 nitrogen and oxygen atoms in total. The Kier molecular flexibility index (Phi) is 9.19. The Morgan fingerprint density at radius 1 is 0.976 bits per heavy atom.